The van der Waals surface area contributed by atoms with Crippen LogP contribution in [0.2, 0.25) is 0 Å². The molecule has 0 aromatic carbocycles. The molecule has 1 aliphatic rings. The van der Waals surface area contributed by atoms with E-state index in [1.807, 2.05) is 18.5 Å². The Morgan fingerprint density at radius 3 is 2.85 bits per heavy atom. The molecule has 0 amide bonds. The van der Waals surface area contributed by atoms with Gasteiger partial charge in [0.1, 0.15) is 0 Å². The van der Waals surface area contributed by atoms with Crippen LogP contribution in [0, 0.1) is 0 Å². The van der Waals surface area contributed by atoms with Crippen LogP contribution >= 0.6 is 11.3 Å². The van der Waals surface area contributed by atoms with E-state index in [1.165, 1.54) is 4.88 Å². The number of hydrogen-bond donors (Lipinski definition) is 2. The van der Waals surface area contributed by atoms with Gasteiger partial charge in [0, 0.05) is 24.0 Å². The number of carbonyl (C=O) groups is 1. The Bertz CT molecular complexity index is 489. The molecular weight excluding hydrogens is 274 g/mol. The Labute approximate surface area is 123 Å². The molecule has 0 spiro atoms. The standard InChI is InChI=1S/C15H21NO3S/c1-16(11-15(19)6-2-3-7-15)9-13-8-12(10-20-13)4-5-14(17)18/h4-5,8,10,19H,2-3,6-7,9,11H2,1H3,(H,17,18)/b5-4+. The molecule has 1 aliphatic carbocycles. The van der Waals surface area contributed by atoms with Crippen LogP contribution in [0.3, 0.4) is 0 Å². The molecule has 0 aliphatic heterocycles. The molecule has 4 nitrogen and oxygen atoms in total. The predicted octanol–water partition coefficient (Wildman–Crippen LogP) is 2.58. The van der Waals surface area contributed by atoms with Gasteiger partial charge < -0.3 is 10.2 Å². The highest BCUT2D eigenvalue weighted by Gasteiger charge is 2.32. The van der Waals surface area contributed by atoms with Crippen LogP contribution in [-0.2, 0) is 11.3 Å². The molecule has 0 saturated heterocycles. The van der Waals surface area contributed by atoms with E-state index in [-0.39, 0.29) is 0 Å². The zero-order valence-electron chi connectivity index (χ0n) is 11.7. The smallest absolute Gasteiger partial charge is 0.328 e. The Morgan fingerprint density at radius 2 is 2.20 bits per heavy atom. The first-order chi connectivity index (χ1) is 9.47. The molecule has 1 aromatic heterocycles. The van der Waals surface area contributed by atoms with Crippen molar-refractivity contribution in [3.63, 3.8) is 0 Å². The number of aliphatic hydroxyl groups is 1. The Morgan fingerprint density at radius 1 is 1.50 bits per heavy atom. The van der Waals surface area contributed by atoms with Crippen molar-refractivity contribution in [2.24, 2.45) is 0 Å². The third-order valence-electron chi connectivity index (χ3n) is 3.62. The quantitative estimate of drug-likeness (QED) is 0.792. The van der Waals surface area contributed by atoms with Crippen molar-refractivity contribution in [1.82, 2.24) is 4.90 Å². The largest absolute Gasteiger partial charge is 0.478 e. The summed E-state index contributed by atoms with van der Waals surface area (Å²) < 4.78 is 0. The maximum Gasteiger partial charge on any atom is 0.328 e. The van der Waals surface area contributed by atoms with Gasteiger partial charge in [-0.15, -0.1) is 11.3 Å². The van der Waals surface area contributed by atoms with Gasteiger partial charge in [0.2, 0.25) is 0 Å². The molecular formula is C15H21NO3S. The lowest BCUT2D eigenvalue weighted by atomic mass is 10.0. The minimum absolute atomic E-state index is 0.516. The summed E-state index contributed by atoms with van der Waals surface area (Å²) in [6.07, 6.45) is 6.79. The van der Waals surface area contributed by atoms with Gasteiger partial charge in [0.25, 0.3) is 0 Å². The molecule has 0 bridgehead atoms. The molecule has 2 rings (SSSR count). The highest BCUT2D eigenvalue weighted by molar-refractivity contribution is 7.10. The average Bonchev–Trinajstić information content (AvgIpc) is 2.96. The molecule has 0 radical (unpaired) electrons. The third kappa shape index (κ3) is 4.44. The molecule has 1 fully saturated rings. The normalized spacial score (nSPS) is 18.1. The lowest BCUT2D eigenvalue weighted by Gasteiger charge is -2.28. The van der Waals surface area contributed by atoms with Crippen LogP contribution in [0.25, 0.3) is 6.08 Å². The second kappa shape index (κ2) is 6.52. The minimum atomic E-state index is -0.932. The summed E-state index contributed by atoms with van der Waals surface area (Å²) in [6.45, 7) is 1.49. The summed E-state index contributed by atoms with van der Waals surface area (Å²) in [7, 11) is 2.02. The summed E-state index contributed by atoms with van der Waals surface area (Å²) in [6, 6.07) is 2.00. The van der Waals surface area contributed by atoms with Crippen molar-refractivity contribution < 1.29 is 15.0 Å². The van der Waals surface area contributed by atoms with Crippen molar-refractivity contribution >= 4 is 23.4 Å². The molecule has 0 unspecified atom stereocenters. The van der Waals surface area contributed by atoms with Crippen LogP contribution in [0.15, 0.2) is 17.5 Å². The molecule has 0 atom stereocenters. The van der Waals surface area contributed by atoms with E-state index in [4.69, 9.17) is 5.11 Å². The van der Waals surface area contributed by atoms with Gasteiger partial charge in [-0.3, -0.25) is 4.90 Å². The number of carboxylic acids is 1. The fourth-order valence-electron chi connectivity index (χ4n) is 2.75. The van der Waals surface area contributed by atoms with E-state index in [9.17, 15) is 9.90 Å². The average molecular weight is 295 g/mol. The van der Waals surface area contributed by atoms with Crippen LogP contribution < -0.4 is 0 Å². The second-order valence-electron chi connectivity index (χ2n) is 5.62. The molecule has 2 N–H and O–H groups in total. The zero-order valence-corrected chi connectivity index (χ0v) is 12.5. The third-order valence-corrected chi connectivity index (χ3v) is 4.56. The van der Waals surface area contributed by atoms with E-state index < -0.39 is 11.6 Å². The number of aliphatic carboxylic acids is 1. The molecule has 1 aromatic rings. The van der Waals surface area contributed by atoms with Crippen LogP contribution in [0.5, 0.6) is 0 Å². The number of hydrogen-bond acceptors (Lipinski definition) is 4. The van der Waals surface area contributed by atoms with E-state index in [0.717, 1.165) is 43.9 Å². The Hall–Kier alpha value is -1.17. The number of carboxylic acid groups (broad SMARTS) is 1. The summed E-state index contributed by atoms with van der Waals surface area (Å²) in [5.41, 5.74) is 0.401. The monoisotopic (exact) mass is 295 g/mol. The van der Waals surface area contributed by atoms with Crippen LogP contribution in [0.4, 0.5) is 0 Å². The predicted molar refractivity (Wildman–Crippen MR) is 80.7 cm³/mol. The van der Waals surface area contributed by atoms with Gasteiger partial charge in [0.05, 0.1) is 5.60 Å². The summed E-state index contributed by atoms with van der Waals surface area (Å²) in [4.78, 5) is 13.8. The maximum atomic E-state index is 10.5. The van der Waals surface area contributed by atoms with Gasteiger partial charge in [-0.25, -0.2) is 4.79 Å². The fourth-order valence-corrected chi connectivity index (χ4v) is 3.68. The first-order valence-electron chi connectivity index (χ1n) is 6.86. The number of likely N-dealkylation sites (N-methyl/N-ethyl adjacent to an activating group) is 1. The molecule has 110 valence electrons. The first kappa shape index (κ1) is 15.2. The minimum Gasteiger partial charge on any atom is -0.478 e. The summed E-state index contributed by atoms with van der Waals surface area (Å²) in [5.74, 6) is -0.932. The number of thiophene rings is 1. The van der Waals surface area contributed by atoms with Crippen molar-refractivity contribution in [3.05, 3.63) is 28.0 Å². The summed E-state index contributed by atoms with van der Waals surface area (Å²) >= 11 is 1.62. The Kier molecular flexibility index (Phi) is 4.96. The van der Waals surface area contributed by atoms with Crippen LogP contribution in [0.1, 0.15) is 36.1 Å². The van der Waals surface area contributed by atoms with Crippen molar-refractivity contribution in [3.8, 4) is 0 Å². The lowest BCUT2D eigenvalue weighted by Crippen LogP contribution is -2.38. The van der Waals surface area contributed by atoms with Gasteiger partial charge in [0.15, 0.2) is 0 Å². The molecule has 1 saturated carbocycles. The molecule has 5 heteroatoms. The second-order valence-corrected chi connectivity index (χ2v) is 6.62. The number of rotatable bonds is 6. The lowest BCUT2D eigenvalue weighted by molar-refractivity contribution is -0.131. The first-order valence-corrected chi connectivity index (χ1v) is 7.74. The van der Waals surface area contributed by atoms with Gasteiger partial charge in [-0.2, -0.15) is 0 Å². The van der Waals surface area contributed by atoms with Crippen molar-refractivity contribution in [1.29, 1.82) is 0 Å². The van der Waals surface area contributed by atoms with E-state index >= 15 is 0 Å². The van der Waals surface area contributed by atoms with Crippen molar-refractivity contribution in [2.75, 3.05) is 13.6 Å². The topological polar surface area (TPSA) is 60.8 Å². The van der Waals surface area contributed by atoms with Gasteiger partial charge >= 0.3 is 5.97 Å². The Balaban J connectivity index is 1.88. The van der Waals surface area contributed by atoms with Gasteiger partial charge in [-0.1, -0.05) is 12.8 Å². The van der Waals surface area contributed by atoms with E-state index in [0.29, 0.717) is 6.54 Å². The zero-order chi connectivity index (χ0) is 14.6. The van der Waals surface area contributed by atoms with Crippen molar-refractivity contribution in [2.45, 2.75) is 37.8 Å². The van der Waals surface area contributed by atoms with E-state index in [1.54, 1.807) is 17.4 Å². The maximum absolute atomic E-state index is 10.5. The number of nitrogens with zero attached hydrogens (tertiary/aromatic N) is 1. The summed E-state index contributed by atoms with van der Waals surface area (Å²) in [5, 5.41) is 20.9. The van der Waals surface area contributed by atoms with E-state index in [2.05, 4.69) is 4.90 Å². The highest BCUT2D eigenvalue weighted by atomic mass is 32.1. The SMILES string of the molecule is CN(Cc1cc(/C=C/C(=O)O)cs1)CC1(O)CCCC1. The fraction of sp³-hybridized carbons (Fsp3) is 0.533. The van der Waals surface area contributed by atoms with Gasteiger partial charge in [-0.05, 0) is 43.0 Å². The highest BCUT2D eigenvalue weighted by Crippen LogP contribution is 2.30. The molecule has 20 heavy (non-hydrogen) atoms. The molecule has 1 heterocycles. The van der Waals surface area contributed by atoms with Crippen LogP contribution in [-0.4, -0.2) is 40.3 Å².